The van der Waals surface area contributed by atoms with Gasteiger partial charge in [0.15, 0.2) is 6.61 Å². The first-order valence-electron chi connectivity index (χ1n) is 10.6. The van der Waals surface area contributed by atoms with Gasteiger partial charge in [-0.15, -0.1) is 0 Å². The van der Waals surface area contributed by atoms with Crippen LogP contribution in [0.2, 0.25) is 0 Å². The summed E-state index contributed by atoms with van der Waals surface area (Å²) in [7, 11) is 0. The summed E-state index contributed by atoms with van der Waals surface area (Å²) in [5, 5.41) is 5.79. The van der Waals surface area contributed by atoms with Gasteiger partial charge in [-0.3, -0.25) is 9.59 Å². The first-order chi connectivity index (χ1) is 15.1. The Hall–Kier alpha value is -3.60. The van der Waals surface area contributed by atoms with E-state index in [9.17, 15) is 9.59 Å². The van der Waals surface area contributed by atoms with Crippen molar-refractivity contribution in [1.29, 1.82) is 0 Å². The van der Waals surface area contributed by atoms with E-state index < -0.39 is 0 Å². The van der Waals surface area contributed by atoms with Crippen molar-refractivity contribution in [2.24, 2.45) is 0 Å². The van der Waals surface area contributed by atoms with Crippen molar-refractivity contribution < 1.29 is 14.3 Å². The van der Waals surface area contributed by atoms with E-state index in [2.05, 4.69) is 16.7 Å². The average Bonchev–Trinajstić information content (AvgIpc) is 3.26. The van der Waals surface area contributed by atoms with Gasteiger partial charge in [-0.25, -0.2) is 0 Å². The molecular weight excluding hydrogens is 388 g/mol. The fourth-order valence-corrected chi connectivity index (χ4v) is 3.86. The molecule has 1 aliphatic rings. The van der Waals surface area contributed by atoms with Gasteiger partial charge in [0.25, 0.3) is 11.8 Å². The van der Waals surface area contributed by atoms with Gasteiger partial charge in [-0.05, 0) is 67.1 Å². The first kappa shape index (κ1) is 20.7. The van der Waals surface area contributed by atoms with Gasteiger partial charge < -0.3 is 15.4 Å². The molecule has 158 valence electrons. The Morgan fingerprint density at radius 1 is 0.935 bits per heavy atom. The van der Waals surface area contributed by atoms with Gasteiger partial charge in [0.2, 0.25) is 0 Å². The highest BCUT2D eigenvalue weighted by Gasteiger charge is 2.17. The van der Waals surface area contributed by atoms with Crippen LogP contribution < -0.4 is 15.4 Å². The molecule has 0 bridgehead atoms. The van der Waals surface area contributed by atoms with Crippen LogP contribution in [0.25, 0.3) is 0 Å². The van der Waals surface area contributed by atoms with Crippen molar-refractivity contribution in [2.45, 2.75) is 32.2 Å². The van der Waals surface area contributed by atoms with Crippen molar-refractivity contribution in [3.05, 3.63) is 95.1 Å². The molecule has 1 aliphatic carbocycles. The number of hydrogen-bond acceptors (Lipinski definition) is 3. The molecule has 0 heterocycles. The molecule has 2 amide bonds. The Morgan fingerprint density at radius 2 is 1.68 bits per heavy atom. The molecule has 5 nitrogen and oxygen atoms in total. The van der Waals surface area contributed by atoms with E-state index in [4.69, 9.17) is 4.74 Å². The molecule has 0 unspecified atom stereocenters. The maximum atomic E-state index is 12.8. The molecule has 0 saturated carbocycles. The lowest BCUT2D eigenvalue weighted by atomic mass is 10.1. The molecule has 5 heteroatoms. The predicted molar refractivity (Wildman–Crippen MR) is 121 cm³/mol. The van der Waals surface area contributed by atoms with E-state index in [0.717, 1.165) is 18.4 Å². The van der Waals surface area contributed by atoms with Crippen LogP contribution in [0, 0.1) is 0 Å². The van der Waals surface area contributed by atoms with Crippen LogP contribution in [0.15, 0.2) is 72.8 Å². The Balaban J connectivity index is 1.37. The molecule has 3 aromatic rings. The van der Waals surface area contributed by atoms with Gasteiger partial charge in [0, 0.05) is 0 Å². The minimum Gasteiger partial charge on any atom is -0.484 e. The molecule has 3 aromatic carbocycles. The molecule has 0 aliphatic heterocycles. The zero-order valence-electron chi connectivity index (χ0n) is 17.6. The van der Waals surface area contributed by atoms with Gasteiger partial charge in [-0.1, -0.05) is 48.5 Å². The quantitative estimate of drug-likeness (QED) is 0.590. The van der Waals surface area contributed by atoms with Gasteiger partial charge >= 0.3 is 0 Å². The van der Waals surface area contributed by atoms with Crippen LogP contribution in [0.5, 0.6) is 5.75 Å². The molecule has 1 atom stereocenters. The molecular formula is C26H26N2O3. The second kappa shape index (κ2) is 9.47. The number of benzene rings is 3. The largest absolute Gasteiger partial charge is 0.484 e. The van der Waals surface area contributed by atoms with E-state index in [1.165, 1.54) is 17.5 Å². The third-order valence-electron chi connectivity index (χ3n) is 5.53. The number of para-hydroxylation sites is 1. The van der Waals surface area contributed by atoms with Crippen molar-refractivity contribution in [1.82, 2.24) is 5.32 Å². The van der Waals surface area contributed by atoms with Gasteiger partial charge in [0.05, 0.1) is 17.3 Å². The Morgan fingerprint density at radius 3 is 2.52 bits per heavy atom. The molecule has 31 heavy (non-hydrogen) atoms. The highest BCUT2D eigenvalue weighted by atomic mass is 16.5. The van der Waals surface area contributed by atoms with Crippen molar-refractivity contribution in [2.75, 3.05) is 11.9 Å². The molecule has 0 aromatic heterocycles. The topological polar surface area (TPSA) is 67.4 Å². The van der Waals surface area contributed by atoms with E-state index in [1.807, 2.05) is 49.4 Å². The monoisotopic (exact) mass is 414 g/mol. The number of fused-ring (bicyclic) bond motifs is 1. The SMILES string of the molecule is C[C@@H](NC(=O)c1ccccc1NC(=O)COc1ccc2c(c1)CCC2)c1ccccc1. The number of nitrogens with one attached hydrogen (secondary N) is 2. The lowest BCUT2D eigenvalue weighted by Gasteiger charge is -2.16. The molecule has 0 fully saturated rings. The fourth-order valence-electron chi connectivity index (χ4n) is 3.86. The smallest absolute Gasteiger partial charge is 0.262 e. The van der Waals surface area contributed by atoms with Crippen molar-refractivity contribution in [3.8, 4) is 5.75 Å². The zero-order valence-corrected chi connectivity index (χ0v) is 17.6. The molecule has 0 saturated heterocycles. The summed E-state index contributed by atoms with van der Waals surface area (Å²) in [4.78, 5) is 25.3. The lowest BCUT2D eigenvalue weighted by molar-refractivity contribution is -0.118. The second-order valence-corrected chi connectivity index (χ2v) is 7.77. The van der Waals surface area contributed by atoms with Crippen LogP contribution in [0.3, 0.4) is 0 Å². The van der Waals surface area contributed by atoms with Crippen molar-refractivity contribution >= 4 is 17.5 Å². The number of carbonyl (C=O) groups excluding carboxylic acids is 2. The summed E-state index contributed by atoms with van der Waals surface area (Å²) < 4.78 is 5.68. The zero-order chi connectivity index (χ0) is 21.6. The summed E-state index contributed by atoms with van der Waals surface area (Å²) in [6, 6.07) is 22.6. The summed E-state index contributed by atoms with van der Waals surface area (Å²) in [5.74, 6) is 0.141. The fraction of sp³-hybridized carbons (Fsp3) is 0.231. The minimum absolute atomic E-state index is 0.116. The molecule has 4 rings (SSSR count). The number of aryl methyl sites for hydroxylation is 2. The Labute approximate surface area is 182 Å². The van der Waals surface area contributed by atoms with Crippen LogP contribution in [0.1, 0.15) is 46.4 Å². The molecule has 0 spiro atoms. The number of ether oxygens (including phenoxy) is 1. The summed E-state index contributed by atoms with van der Waals surface area (Å²) in [6.07, 6.45) is 3.33. The summed E-state index contributed by atoms with van der Waals surface area (Å²) in [5.41, 5.74) is 4.55. The first-order valence-corrected chi connectivity index (χ1v) is 10.6. The van der Waals surface area contributed by atoms with Gasteiger partial charge in [0.1, 0.15) is 5.75 Å². The normalized spacial score (nSPS) is 13.2. The molecule has 2 N–H and O–H groups in total. The van der Waals surface area contributed by atoms with E-state index in [1.54, 1.807) is 24.3 Å². The predicted octanol–water partition coefficient (Wildman–Crippen LogP) is 4.68. The maximum absolute atomic E-state index is 12.8. The van der Waals surface area contributed by atoms with E-state index in [0.29, 0.717) is 17.0 Å². The highest BCUT2D eigenvalue weighted by molar-refractivity contribution is 6.04. The average molecular weight is 415 g/mol. The Bertz CT molecular complexity index is 1080. The Kier molecular flexibility index (Phi) is 6.32. The van der Waals surface area contributed by atoms with Crippen LogP contribution in [-0.4, -0.2) is 18.4 Å². The number of rotatable bonds is 7. The summed E-state index contributed by atoms with van der Waals surface area (Å²) in [6.45, 7) is 1.81. The van der Waals surface area contributed by atoms with E-state index >= 15 is 0 Å². The number of hydrogen-bond donors (Lipinski definition) is 2. The highest BCUT2D eigenvalue weighted by Crippen LogP contribution is 2.26. The maximum Gasteiger partial charge on any atom is 0.262 e. The second-order valence-electron chi connectivity index (χ2n) is 7.77. The number of anilines is 1. The van der Waals surface area contributed by atoms with Crippen LogP contribution in [-0.2, 0) is 17.6 Å². The molecule has 0 radical (unpaired) electrons. The van der Waals surface area contributed by atoms with Crippen molar-refractivity contribution in [3.63, 3.8) is 0 Å². The third-order valence-corrected chi connectivity index (χ3v) is 5.53. The number of carbonyl (C=O) groups is 2. The number of amides is 2. The van der Waals surface area contributed by atoms with Crippen LogP contribution in [0.4, 0.5) is 5.69 Å². The minimum atomic E-state index is -0.308. The standard InChI is InChI=1S/C26H26N2O3/c1-18(19-8-3-2-4-9-19)27-26(30)23-12-5-6-13-24(23)28-25(29)17-31-22-15-14-20-10-7-11-21(20)16-22/h2-6,8-9,12-16,18H,7,10-11,17H2,1H3,(H,27,30)(H,28,29)/t18-/m1/s1. The summed E-state index contributed by atoms with van der Waals surface area (Å²) >= 11 is 0. The van der Waals surface area contributed by atoms with Gasteiger partial charge in [-0.2, -0.15) is 0 Å². The van der Waals surface area contributed by atoms with Crippen LogP contribution >= 0.6 is 0 Å². The lowest BCUT2D eigenvalue weighted by Crippen LogP contribution is -2.28. The third kappa shape index (κ3) is 5.12. The van der Waals surface area contributed by atoms with E-state index in [-0.39, 0.29) is 24.5 Å².